The van der Waals surface area contributed by atoms with E-state index in [1.165, 1.54) is 0 Å². The van der Waals surface area contributed by atoms with E-state index in [2.05, 4.69) is 6.07 Å². The molecule has 0 spiro atoms. The molecule has 0 fully saturated rings. The van der Waals surface area contributed by atoms with Crippen LogP contribution in [-0.4, -0.2) is 5.97 Å². The van der Waals surface area contributed by atoms with Crippen LogP contribution in [0.1, 0.15) is 16.7 Å². The fraction of sp³-hybridized carbons (Fsp3) is 0.136. The number of benzene rings is 3. The zero-order chi connectivity index (χ0) is 17.4. The molecule has 0 aliphatic carbocycles. The second-order valence-electron chi connectivity index (χ2n) is 6.34. The Morgan fingerprint density at radius 2 is 1.84 bits per heavy atom. The lowest BCUT2D eigenvalue weighted by Crippen LogP contribution is -2.11. The minimum absolute atomic E-state index is 0.181. The Labute approximate surface area is 145 Å². The number of aryl methyl sites for hydroxylation is 2. The summed E-state index contributed by atoms with van der Waals surface area (Å²) >= 11 is 0. The van der Waals surface area contributed by atoms with Crippen LogP contribution in [0.4, 0.5) is 0 Å². The molecule has 0 aliphatic rings. The third kappa shape index (κ3) is 2.89. The van der Waals surface area contributed by atoms with E-state index in [0.29, 0.717) is 5.75 Å². The first kappa shape index (κ1) is 15.5. The average molecular weight is 330 g/mol. The van der Waals surface area contributed by atoms with Gasteiger partial charge in [-0.3, -0.25) is 4.79 Å². The second-order valence-corrected chi connectivity index (χ2v) is 6.34. The molecule has 1 heterocycles. The Balaban J connectivity index is 1.62. The molecular weight excluding hydrogens is 312 g/mol. The topological polar surface area (TPSA) is 39.4 Å². The van der Waals surface area contributed by atoms with E-state index in [4.69, 9.17) is 9.15 Å². The summed E-state index contributed by atoms with van der Waals surface area (Å²) in [6, 6.07) is 17.7. The van der Waals surface area contributed by atoms with Crippen LogP contribution in [0.15, 0.2) is 65.3 Å². The second kappa shape index (κ2) is 6.10. The van der Waals surface area contributed by atoms with E-state index >= 15 is 0 Å². The molecule has 0 amide bonds. The maximum absolute atomic E-state index is 12.5. The molecule has 4 aromatic rings. The first-order chi connectivity index (χ1) is 12.1. The van der Waals surface area contributed by atoms with Gasteiger partial charge in [0, 0.05) is 16.3 Å². The lowest BCUT2D eigenvalue weighted by molar-refractivity contribution is -0.133. The minimum atomic E-state index is -0.293. The van der Waals surface area contributed by atoms with E-state index in [0.717, 1.165) is 38.4 Å². The van der Waals surface area contributed by atoms with Crippen molar-refractivity contribution in [3.05, 3.63) is 77.6 Å². The van der Waals surface area contributed by atoms with Crippen molar-refractivity contribution in [1.82, 2.24) is 0 Å². The number of esters is 1. The van der Waals surface area contributed by atoms with Crippen molar-refractivity contribution in [3.63, 3.8) is 0 Å². The van der Waals surface area contributed by atoms with Crippen molar-refractivity contribution in [2.24, 2.45) is 0 Å². The van der Waals surface area contributed by atoms with E-state index in [1.54, 1.807) is 6.26 Å². The third-order valence-corrected chi connectivity index (χ3v) is 4.40. The molecule has 0 radical (unpaired) electrons. The van der Waals surface area contributed by atoms with Gasteiger partial charge in [0.25, 0.3) is 0 Å². The molecular formula is C22H18O3. The lowest BCUT2D eigenvalue weighted by atomic mass is 10.0. The van der Waals surface area contributed by atoms with Gasteiger partial charge in [-0.1, -0.05) is 42.5 Å². The van der Waals surface area contributed by atoms with Gasteiger partial charge in [-0.15, -0.1) is 0 Å². The minimum Gasteiger partial charge on any atom is -0.464 e. The largest absolute Gasteiger partial charge is 0.464 e. The SMILES string of the molecule is Cc1cc(C)c2c(CC(=O)Oc3cccc4ccccc34)coc2c1. The van der Waals surface area contributed by atoms with Crippen LogP contribution in [0.2, 0.25) is 0 Å². The van der Waals surface area contributed by atoms with Crippen molar-refractivity contribution >= 4 is 27.7 Å². The summed E-state index contributed by atoms with van der Waals surface area (Å²) in [4.78, 5) is 12.5. The monoisotopic (exact) mass is 330 g/mol. The normalized spacial score (nSPS) is 11.1. The molecule has 0 atom stereocenters. The van der Waals surface area contributed by atoms with Crippen LogP contribution in [0.5, 0.6) is 5.75 Å². The Morgan fingerprint density at radius 3 is 2.72 bits per heavy atom. The zero-order valence-electron chi connectivity index (χ0n) is 14.2. The van der Waals surface area contributed by atoms with E-state index in [9.17, 15) is 4.79 Å². The first-order valence-electron chi connectivity index (χ1n) is 8.27. The summed E-state index contributed by atoms with van der Waals surface area (Å²) in [5.41, 5.74) is 3.92. The zero-order valence-corrected chi connectivity index (χ0v) is 14.2. The summed E-state index contributed by atoms with van der Waals surface area (Å²) in [6.45, 7) is 4.06. The van der Waals surface area contributed by atoms with Crippen LogP contribution >= 0.6 is 0 Å². The predicted molar refractivity (Wildman–Crippen MR) is 99.0 cm³/mol. The predicted octanol–water partition coefficient (Wildman–Crippen LogP) is 5.35. The Hall–Kier alpha value is -3.07. The Morgan fingerprint density at radius 1 is 1.04 bits per heavy atom. The number of carbonyl (C=O) groups is 1. The highest BCUT2D eigenvalue weighted by Gasteiger charge is 2.15. The highest BCUT2D eigenvalue weighted by atomic mass is 16.5. The van der Waals surface area contributed by atoms with Crippen molar-refractivity contribution in [2.45, 2.75) is 20.3 Å². The fourth-order valence-corrected chi connectivity index (χ4v) is 3.36. The molecule has 124 valence electrons. The van der Waals surface area contributed by atoms with Crippen molar-refractivity contribution in [2.75, 3.05) is 0 Å². The summed E-state index contributed by atoms with van der Waals surface area (Å²) < 4.78 is 11.3. The van der Waals surface area contributed by atoms with Crippen molar-refractivity contribution < 1.29 is 13.9 Å². The number of rotatable bonds is 3. The van der Waals surface area contributed by atoms with Crippen LogP contribution in [0.25, 0.3) is 21.7 Å². The molecule has 0 saturated heterocycles. The van der Waals surface area contributed by atoms with E-state index in [1.807, 2.05) is 62.4 Å². The van der Waals surface area contributed by atoms with Gasteiger partial charge < -0.3 is 9.15 Å². The summed E-state index contributed by atoms with van der Waals surface area (Å²) in [5, 5.41) is 2.98. The van der Waals surface area contributed by atoms with Gasteiger partial charge in [0.2, 0.25) is 0 Å². The number of furan rings is 1. The summed E-state index contributed by atoms with van der Waals surface area (Å²) in [6.07, 6.45) is 1.83. The van der Waals surface area contributed by atoms with Gasteiger partial charge in [0.15, 0.2) is 0 Å². The summed E-state index contributed by atoms with van der Waals surface area (Å²) in [7, 11) is 0. The number of hydrogen-bond donors (Lipinski definition) is 0. The van der Waals surface area contributed by atoms with E-state index < -0.39 is 0 Å². The summed E-state index contributed by atoms with van der Waals surface area (Å²) in [5.74, 6) is 0.294. The van der Waals surface area contributed by atoms with Gasteiger partial charge in [-0.2, -0.15) is 0 Å². The number of ether oxygens (including phenoxy) is 1. The van der Waals surface area contributed by atoms with Crippen LogP contribution < -0.4 is 4.74 Å². The van der Waals surface area contributed by atoms with Gasteiger partial charge in [-0.05, 0) is 42.5 Å². The average Bonchev–Trinajstić information content (AvgIpc) is 2.98. The van der Waals surface area contributed by atoms with Gasteiger partial charge in [-0.25, -0.2) is 0 Å². The first-order valence-corrected chi connectivity index (χ1v) is 8.27. The number of fused-ring (bicyclic) bond motifs is 2. The molecule has 25 heavy (non-hydrogen) atoms. The van der Waals surface area contributed by atoms with Crippen molar-refractivity contribution in [3.8, 4) is 5.75 Å². The smallest absolute Gasteiger partial charge is 0.315 e. The van der Waals surface area contributed by atoms with E-state index in [-0.39, 0.29) is 12.4 Å². The maximum Gasteiger partial charge on any atom is 0.315 e. The molecule has 0 aliphatic heterocycles. The Bertz CT molecular complexity index is 1080. The molecule has 0 N–H and O–H groups in total. The maximum atomic E-state index is 12.5. The molecule has 0 bridgehead atoms. The van der Waals surface area contributed by atoms with Gasteiger partial charge >= 0.3 is 5.97 Å². The lowest BCUT2D eigenvalue weighted by Gasteiger charge is -2.07. The van der Waals surface area contributed by atoms with Gasteiger partial charge in [0.1, 0.15) is 11.3 Å². The quantitative estimate of drug-likeness (QED) is 0.375. The highest BCUT2D eigenvalue weighted by Crippen LogP contribution is 2.28. The molecule has 3 heteroatoms. The molecule has 3 aromatic carbocycles. The van der Waals surface area contributed by atoms with Crippen LogP contribution in [0.3, 0.4) is 0 Å². The Kier molecular flexibility index (Phi) is 3.77. The van der Waals surface area contributed by atoms with Gasteiger partial charge in [0.05, 0.1) is 12.7 Å². The third-order valence-electron chi connectivity index (χ3n) is 4.40. The van der Waals surface area contributed by atoms with Crippen molar-refractivity contribution in [1.29, 1.82) is 0 Å². The fourth-order valence-electron chi connectivity index (χ4n) is 3.36. The molecule has 4 rings (SSSR count). The molecule has 0 unspecified atom stereocenters. The number of carbonyl (C=O) groups excluding carboxylic acids is 1. The molecule has 1 aromatic heterocycles. The molecule has 3 nitrogen and oxygen atoms in total. The highest BCUT2D eigenvalue weighted by molar-refractivity contribution is 5.92. The van der Waals surface area contributed by atoms with Crippen LogP contribution in [-0.2, 0) is 11.2 Å². The number of hydrogen-bond acceptors (Lipinski definition) is 3. The molecule has 0 saturated carbocycles. The standard InChI is InChI=1S/C22H18O3/c1-14-10-15(2)22-17(13-24-20(22)11-14)12-21(23)25-19-9-5-7-16-6-3-4-8-18(16)19/h3-11,13H,12H2,1-2H3. The van der Waals surface area contributed by atoms with Crippen LogP contribution in [0, 0.1) is 13.8 Å².